The van der Waals surface area contributed by atoms with Crippen LogP contribution in [0.1, 0.15) is 70.2 Å². The number of phenols is 1. The molecule has 0 aliphatic heterocycles. The fourth-order valence-electron chi connectivity index (χ4n) is 2.44. The van der Waals surface area contributed by atoms with E-state index < -0.39 is 0 Å². The summed E-state index contributed by atoms with van der Waals surface area (Å²) in [6.07, 6.45) is 1.65. The third-order valence-corrected chi connectivity index (χ3v) is 3.53. The smallest absolute Gasteiger partial charge is 0.133 e. The molecule has 0 fully saturated rings. The summed E-state index contributed by atoms with van der Waals surface area (Å²) in [7, 11) is 0. The van der Waals surface area contributed by atoms with Gasteiger partial charge in [0.25, 0.3) is 0 Å². The highest BCUT2D eigenvalue weighted by Crippen LogP contribution is 2.32. The quantitative estimate of drug-likeness (QED) is 0.584. The average Bonchev–Trinajstić information content (AvgIpc) is 2.70. The van der Waals surface area contributed by atoms with Gasteiger partial charge in [0.15, 0.2) is 0 Å². The minimum atomic E-state index is 0.211. The van der Waals surface area contributed by atoms with E-state index in [1.165, 1.54) is 5.56 Å². The first kappa shape index (κ1) is 27.2. The number of aromatic hydroxyl groups is 1. The number of hydrogen-bond acceptors (Lipinski definition) is 3. The number of aliphatic hydroxyl groups excluding tert-OH is 1. The Kier molecular flexibility index (Phi) is 16.3. The van der Waals surface area contributed by atoms with Gasteiger partial charge in [-0.15, -0.1) is 0 Å². The van der Waals surface area contributed by atoms with Crippen LogP contribution >= 0.6 is 0 Å². The first-order chi connectivity index (χ1) is 13.0. The predicted octanol–water partition coefficient (Wildman–Crippen LogP) is 7.11. The number of aliphatic hydroxyl groups is 1. The van der Waals surface area contributed by atoms with Gasteiger partial charge in [-0.1, -0.05) is 53.7 Å². The molecule has 154 valence electrons. The van der Waals surface area contributed by atoms with Crippen molar-refractivity contribution in [3.05, 3.63) is 52.6 Å². The number of aryl methyl sites for hydroxylation is 4. The molecule has 0 saturated carbocycles. The molecule has 3 nitrogen and oxygen atoms in total. The Morgan fingerprint density at radius 1 is 0.778 bits per heavy atom. The molecule has 2 N–H and O–H groups in total. The van der Waals surface area contributed by atoms with Gasteiger partial charge in [-0.05, 0) is 74.1 Å². The molecule has 0 saturated heterocycles. The molecule has 0 aliphatic rings. The average molecular weight is 377 g/mol. The minimum absolute atomic E-state index is 0.211. The Bertz CT molecular complexity index is 611. The van der Waals surface area contributed by atoms with Gasteiger partial charge in [-0.2, -0.15) is 0 Å². The predicted molar refractivity (Wildman–Crippen MR) is 118 cm³/mol. The van der Waals surface area contributed by atoms with E-state index >= 15 is 0 Å². The summed E-state index contributed by atoms with van der Waals surface area (Å²) in [6.45, 7) is 18.1. The van der Waals surface area contributed by atoms with Gasteiger partial charge >= 0.3 is 0 Å². The Balaban J connectivity index is 0. The van der Waals surface area contributed by atoms with E-state index in [9.17, 15) is 5.11 Å². The summed E-state index contributed by atoms with van der Waals surface area (Å²) in [4.78, 5) is 0. The Morgan fingerprint density at radius 2 is 1.30 bits per heavy atom. The topological polar surface area (TPSA) is 49.7 Å². The molecule has 3 heteroatoms. The van der Waals surface area contributed by atoms with Crippen molar-refractivity contribution in [2.45, 2.75) is 75.2 Å². The zero-order valence-corrected chi connectivity index (χ0v) is 18.8. The van der Waals surface area contributed by atoms with Crippen LogP contribution in [0.25, 0.3) is 0 Å². The third kappa shape index (κ3) is 9.48. The third-order valence-electron chi connectivity index (χ3n) is 3.53. The molecular formula is C24H40O3. The molecular weight excluding hydrogens is 336 g/mol. The summed E-state index contributed by atoms with van der Waals surface area (Å²) in [5.74, 6) is 1.85. The Labute approximate surface area is 167 Å². The van der Waals surface area contributed by atoms with Crippen LogP contribution in [0.15, 0.2) is 30.3 Å². The van der Waals surface area contributed by atoms with Crippen molar-refractivity contribution in [1.29, 1.82) is 0 Å². The fraction of sp³-hybridized carbons (Fsp3) is 0.500. The van der Waals surface area contributed by atoms with Gasteiger partial charge in [0.05, 0.1) is 0 Å². The summed E-state index contributed by atoms with van der Waals surface area (Å²) < 4.78 is 5.97. The lowest BCUT2D eigenvalue weighted by Gasteiger charge is -2.14. The molecule has 0 aromatic heterocycles. The van der Waals surface area contributed by atoms with Crippen molar-refractivity contribution in [3.63, 3.8) is 0 Å². The van der Waals surface area contributed by atoms with E-state index in [0.29, 0.717) is 0 Å². The van der Waals surface area contributed by atoms with Crippen molar-refractivity contribution in [3.8, 4) is 17.2 Å². The molecule has 0 atom stereocenters. The van der Waals surface area contributed by atoms with Crippen LogP contribution in [-0.4, -0.2) is 16.8 Å². The standard InChI is InChI=1S/C18H22O3.3C2H6/c1-12-11-16(6-7-17(12)20)21-18-13(2)9-15(5-4-8-19)10-14(18)3;3*1-2/h6-7,9-11,19-20H,4-5,8H2,1-3H3;3*1-2H3. The molecule has 0 amide bonds. The normalized spacial score (nSPS) is 8.96. The van der Waals surface area contributed by atoms with Gasteiger partial charge in [0.2, 0.25) is 0 Å². The monoisotopic (exact) mass is 376 g/mol. The van der Waals surface area contributed by atoms with Crippen molar-refractivity contribution >= 4 is 0 Å². The maximum atomic E-state index is 9.56. The van der Waals surface area contributed by atoms with Gasteiger partial charge < -0.3 is 14.9 Å². The molecule has 0 spiro atoms. The minimum Gasteiger partial charge on any atom is -0.508 e. The highest BCUT2D eigenvalue weighted by Gasteiger charge is 2.09. The summed E-state index contributed by atoms with van der Waals surface area (Å²) in [6, 6.07) is 9.44. The second-order valence-corrected chi connectivity index (χ2v) is 5.44. The molecule has 2 aromatic carbocycles. The number of benzene rings is 2. The fourth-order valence-corrected chi connectivity index (χ4v) is 2.44. The largest absolute Gasteiger partial charge is 0.508 e. The van der Waals surface area contributed by atoms with Crippen LogP contribution in [0.2, 0.25) is 0 Å². The number of hydrogen-bond donors (Lipinski definition) is 2. The Hall–Kier alpha value is -2.00. The highest BCUT2D eigenvalue weighted by atomic mass is 16.5. The highest BCUT2D eigenvalue weighted by molar-refractivity contribution is 5.47. The maximum absolute atomic E-state index is 9.56. The van der Waals surface area contributed by atoms with Crippen LogP contribution in [-0.2, 0) is 6.42 Å². The van der Waals surface area contributed by atoms with Gasteiger partial charge in [-0.25, -0.2) is 0 Å². The molecule has 0 radical (unpaired) electrons. The lowest BCUT2D eigenvalue weighted by Crippen LogP contribution is -1.96. The number of phenolic OH excluding ortho intramolecular Hbond substituents is 1. The van der Waals surface area contributed by atoms with Crippen molar-refractivity contribution in [1.82, 2.24) is 0 Å². The van der Waals surface area contributed by atoms with E-state index in [4.69, 9.17) is 9.84 Å². The van der Waals surface area contributed by atoms with Crippen LogP contribution in [0, 0.1) is 20.8 Å². The first-order valence-electron chi connectivity index (χ1n) is 10.2. The molecule has 2 rings (SSSR count). The molecule has 2 aromatic rings. The van der Waals surface area contributed by atoms with Gasteiger partial charge in [0, 0.05) is 6.61 Å². The summed E-state index contributed by atoms with van der Waals surface area (Å²) in [5.41, 5.74) is 4.16. The molecule has 0 unspecified atom stereocenters. The van der Waals surface area contributed by atoms with Crippen LogP contribution in [0.3, 0.4) is 0 Å². The van der Waals surface area contributed by atoms with Crippen molar-refractivity contribution in [2.24, 2.45) is 0 Å². The zero-order valence-electron chi connectivity index (χ0n) is 18.8. The Morgan fingerprint density at radius 3 is 1.74 bits per heavy atom. The first-order valence-corrected chi connectivity index (χ1v) is 10.2. The van der Waals surface area contributed by atoms with E-state index in [2.05, 4.69) is 12.1 Å². The van der Waals surface area contributed by atoms with Crippen LogP contribution < -0.4 is 4.74 Å². The second-order valence-electron chi connectivity index (χ2n) is 5.44. The van der Waals surface area contributed by atoms with E-state index in [0.717, 1.165) is 41.0 Å². The molecule has 27 heavy (non-hydrogen) atoms. The van der Waals surface area contributed by atoms with Crippen molar-refractivity contribution < 1.29 is 14.9 Å². The number of rotatable bonds is 5. The van der Waals surface area contributed by atoms with E-state index in [-0.39, 0.29) is 12.4 Å². The lowest BCUT2D eigenvalue weighted by atomic mass is 10.0. The van der Waals surface area contributed by atoms with E-state index in [1.807, 2.05) is 68.4 Å². The van der Waals surface area contributed by atoms with E-state index in [1.54, 1.807) is 12.1 Å². The zero-order chi connectivity index (χ0) is 21.4. The lowest BCUT2D eigenvalue weighted by molar-refractivity contribution is 0.288. The maximum Gasteiger partial charge on any atom is 0.133 e. The van der Waals surface area contributed by atoms with Gasteiger partial charge in [-0.3, -0.25) is 0 Å². The summed E-state index contributed by atoms with van der Waals surface area (Å²) in [5, 5.41) is 18.5. The molecule has 0 heterocycles. The second kappa shape index (κ2) is 16.2. The number of ether oxygens (including phenoxy) is 1. The molecule has 0 bridgehead atoms. The molecule has 0 aliphatic carbocycles. The SMILES string of the molecule is CC.CC.CC.Cc1cc(Oc2c(C)cc(CCCO)cc2C)ccc1O. The van der Waals surface area contributed by atoms with Crippen molar-refractivity contribution in [2.75, 3.05) is 6.61 Å². The van der Waals surface area contributed by atoms with Gasteiger partial charge in [0.1, 0.15) is 17.2 Å². The summed E-state index contributed by atoms with van der Waals surface area (Å²) >= 11 is 0. The van der Waals surface area contributed by atoms with Crippen LogP contribution in [0.4, 0.5) is 0 Å². The van der Waals surface area contributed by atoms with Crippen LogP contribution in [0.5, 0.6) is 17.2 Å².